The van der Waals surface area contributed by atoms with Crippen LogP contribution in [0.3, 0.4) is 0 Å². The lowest BCUT2D eigenvalue weighted by Crippen LogP contribution is -2.13. The molecule has 2 aromatic heterocycles. The first-order chi connectivity index (χ1) is 14.9. The summed E-state index contributed by atoms with van der Waals surface area (Å²) in [4.78, 5) is 4.10. The van der Waals surface area contributed by atoms with Crippen molar-refractivity contribution >= 4 is 11.6 Å². The van der Waals surface area contributed by atoms with Gasteiger partial charge in [0, 0.05) is 11.8 Å². The van der Waals surface area contributed by atoms with E-state index in [-0.39, 0.29) is 30.0 Å². The molecule has 2 aromatic carbocycles. The Morgan fingerprint density at radius 3 is 2.68 bits per heavy atom. The lowest BCUT2D eigenvalue weighted by Gasteiger charge is -2.19. The fourth-order valence-electron chi connectivity index (χ4n) is 3.41. The molecule has 0 aliphatic carbocycles. The Hall–Kier alpha value is -3.52. The van der Waals surface area contributed by atoms with Gasteiger partial charge in [-0.2, -0.15) is 4.98 Å². The smallest absolute Gasteiger partial charge is 0.240 e. The van der Waals surface area contributed by atoms with E-state index in [0.717, 1.165) is 0 Å². The first kappa shape index (κ1) is 20.7. The Bertz CT molecular complexity index is 1190. The van der Waals surface area contributed by atoms with Gasteiger partial charge in [0.1, 0.15) is 5.82 Å². The number of aromatic nitrogens is 3. The number of aliphatic hydroxyl groups is 1. The molecule has 0 aliphatic rings. The number of halogens is 2. The number of aliphatic hydroxyl groups excluding tert-OH is 1. The zero-order valence-electron chi connectivity index (χ0n) is 16.9. The molecule has 4 rings (SSSR count). The van der Waals surface area contributed by atoms with E-state index in [2.05, 4.69) is 10.1 Å². The van der Waals surface area contributed by atoms with Crippen LogP contribution in [-0.2, 0) is 0 Å². The molecule has 2 unspecified atom stereocenters. The Morgan fingerprint density at radius 1 is 1.13 bits per heavy atom. The fraction of sp³-hybridized carbons (Fsp3) is 0.217. The first-order valence-electron chi connectivity index (χ1n) is 9.89. The molecule has 31 heavy (non-hydrogen) atoms. The molecule has 0 aliphatic heterocycles. The van der Waals surface area contributed by atoms with E-state index in [1.807, 2.05) is 6.92 Å². The number of fused-ring (bicyclic) bond motifs is 1. The summed E-state index contributed by atoms with van der Waals surface area (Å²) in [7, 11) is 0. The maximum Gasteiger partial charge on any atom is 0.240 e. The summed E-state index contributed by atoms with van der Waals surface area (Å²) in [6, 6.07) is 14.1. The predicted octanol–water partition coefficient (Wildman–Crippen LogP) is 4.40. The highest BCUT2D eigenvalue weighted by Crippen LogP contribution is 2.30. The maximum absolute atomic E-state index is 15.1. The van der Waals surface area contributed by atoms with E-state index in [1.54, 1.807) is 48.7 Å². The topological polar surface area (TPSA) is 85.7 Å². The monoisotopic (exact) mass is 424 g/mol. The van der Waals surface area contributed by atoms with Crippen LogP contribution in [0.5, 0.6) is 5.75 Å². The highest BCUT2D eigenvalue weighted by atomic mass is 19.1. The van der Waals surface area contributed by atoms with Crippen LogP contribution in [-0.4, -0.2) is 26.3 Å². The number of nitrogen functional groups attached to an aromatic ring is 1. The van der Waals surface area contributed by atoms with Gasteiger partial charge in [0.15, 0.2) is 17.2 Å². The summed E-state index contributed by atoms with van der Waals surface area (Å²) in [6.45, 7) is 2.09. The number of nitrogens with zero attached hydrogens (tertiary/aromatic N) is 3. The normalized spacial score (nSPS) is 13.3. The second kappa shape index (κ2) is 8.69. The minimum atomic E-state index is -0.761. The number of pyridine rings is 1. The third kappa shape index (κ3) is 4.49. The second-order valence-corrected chi connectivity index (χ2v) is 7.42. The highest BCUT2D eigenvalue weighted by molar-refractivity contribution is 5.69. The van der Waals surface area contributed by atoms with Gasteiger partial charge in [-0.25, -0.2) is 13.3 Å². The van der Waals surface area contributed by atoms with E-state index in [1.165, 1.54) is 16.6 Å². The molecule has 3 N–H and O–H groups in total. The van der Waals surface area contributed by atoms with Gasteiger partial charge < -0.3 is 15.6 Å². The molecule has 0 saturated heterocycles. The van der Waals surface area contributed by atoms with Crippen molar-refractivity contribution in [2.45, 2.75) is 19.4 Å². The van der Waals surface area contributed by atoms with E-state index in [0.29, 0.717) is 28.8 Å². The SMILES string of the molecule is CC(CCOc1cccc(-c2ccn3nc(N)nc3c2)c1F)C(O)c1ccc(F)cc1. The lowest BCUT2D eigenvalue weighted by molar-refractivity contribution is 0.101. The van der Waals surface area contributed by atoms with Gasteiger partial charge in [-0.3, -0.25) is 0 Å². The predicted molar refractivity (Wildman–Crippen MR) is 113 cm³/mol. The largest absolute Gasteiger partial charge is 0.490 e. The van der Waals surface area contributed by atoms with Gasteiger partial charge in [0.05, 0.1) is 12.7 Å². The number of hydrogen-bond acceptors (Lipinski definition) is 5. The van der Waals surface area contributed by atoms with Crippen molar-refractivity contribution in [2.24, 2.45) is 5.92 Å². The van der Waals surface area contributed by atoms with Crippen molar-refractivity contribution in [3.63, 3.8) is 0 Å². The average Bonchev–Trinajstić information content (AvgIpc) is 3.14. The minimum Gasteiger partial charge on any atom is -0.490 e. The number of nitrogens with two attached hydrogens (primary N) is 1. The Labute approximate surface area is 177 Å². The highest BCUT2D eigenvalue weighted by Gasteiger charge is 2.18. The summed E-state index contributed by atoms with van der Waals surface area (Å²) in [6.07, 6.45) is 1.40. The van der Waals surface area contributed by atoms with Gasteiger partial charge in [-0.05, 0) is 53.8 Å². The van der Waals surface area contributed by atoms with Crippen LogP contribution >= 0.6 is 0 Å². The molecule has 160 valence electrons. The zero-order valence-corrected chi connectivity index (χ0v) is 16.9. The van der Waals surface area contributed by atoms with Crippen LogP contribution in [0.4, 0.5) is 14.7 Å². The van der Waals surface area contributed by atoms with Crippen LogP contribution in [0.1, 0.15) is 25.0 Å². The second-order valence-electron chi connectivity index (χ2n) is 7.42. The summed E-state index contributed by atoms with van der Waals surface area (Å²) in [5.74, 6) is -0.717. The van der Waals surface area contributed by atoms with E-state index in [4.69, 9.17) is 10.5 Å². The standard InChI is InChI=1S/C23H22F2N4O2/c1-14(22(30)15-5-7-17(24)8-6-15)10-12-31-19-4-2-3-18(21(19)25)16-9-11-29-20(13-16)27-23(26)28-29/h2-9,11,13-14,22,30H,10,12H2,1H3,(H2,26,28). The Kier molecular flexibility index (Phi) is 5.81. The molecule has 0 amide bonds. The van der Waals surface area contributed by atoms with Crippen molar-refractivity contribution in [3.05, 3.63) is 78.0 Å². The number of rotatable bonds is 7. The van der Waals surface area contributed by atoms with Gasteiger partial charge in [-0.15, -0.1) is 5.10 Å². The fourth-order valence-corrected chi connectivity index (χ4v) is 3.41. The molecule has 0 radical (unpaired) electrons. The maximum atomic E-state index is 15.1. The van der Waals surface area contributed by atoms with Crippen LogP contribution in [0.25, 0.3) is 16.8 Å². The molecule has 0 spiro atoms. The minimum absolute atomic E-state index is 0.127. The molecule has 0 bridgehead atoms. The average molecular weight is 424 g/mol. The van der Waals surface area contributed by atoms with Gasteiger partial charge in [0.25, 0.3) is 0 Å². The molecule has 2 atom stereocenters. The van der Waals surface area contributed by atoms with Crippen molar-refractivity contribution in [3.8, 4) is 16.9 Å². The number of benzene rings is 2. The van der Waals surface area contributed by atoms with E-state index in [9.17, 15) is 9.50 Å². The Morgan fingerprint density at radius 2 is 1.90 bits per heavy atom. The molecule has 8 heteroatoms. The number of ether oxygens (including phenoxy) is 1. The van der Waals surface area contributed by atoms with Crippen LogP contribution < -0.4 is 10.5 Å². The molecule has 4 aromatic rings. The Balaban J connectivity index is 1.43. The van der Waals surface area contributed by atoms with Crippen molar-refractivity contribution in [1.82, 2.24) is 14.6 Å². The van der Waals surface area contributed by atoms with Crippen LogP contribution in [0.15, 0.2) is 60.8 Å². The number of anilines is 1. The van der Waals surface area contributed by atoms with Crippen molar-refractivity contribution < 1.29 is 18.6 Å². The molecule has 2 heterocycles. The van der Waals surface area contributed by atoms with Crippen molar-refractivity contribution in [1.29, 1.82) is 0 Å². The quantitative estimate of drug-likeness (QED) is 0.459. The van der Waals surface area contributed by atoms with Gasteiger partial charge in [0.2, 0.25) is 5.95 Å². The third-order valence-corrected chi connectivity index (χ3v) is 5.21. The van der Waals surface area contributed by atoms with Crippen LogP contribution in [0, 0.1) is 17.6 Å². The molecular formula is C23H22F2N4O2. The molecule has 0 saturated carbocycles. The molecule has 6 nitrogen and oxygen atoms in total. The van der Waals surface area contributed by atoms with Gasteiger partial charge >= 0.3 is 0 Å². The molecular weight excluding hydrogens is 402 g/mol. The summed E-state index contributed by atoms with van der Waals surface area (Å²) in [5, 5.41) is 14.4. The van der Waals surface area contributed by atoms with E-state index < -0.39 is 11.9 Å². The molecule has 0 fully saturated rings. The summed E-state index contributed by atoms with van der Waals surface area (Å²) >= 11 is 0. The van der Waals surface area contributed by atoms with Gasteiger partial charge in [-0.1, -0.05) is 31.2 Å². The summed E-state index contributed by atoms with van der Waals surface area (Å²) < 4.78 is 35.3. The third-order valence-electron chi connectivity index (χ3n) is 5.21. The summed E-state index contributed by atoms with van der Waals surface area (Å²) in [5.41, 5.74) is 7.76. The first-order valence-corrected chi connectivity index (χ1v) is 9.89. The van der Waals surface area contributed by atoms with E-state index >= 15 is 4.39 Å². The number of hydrogen-bond donors (Lipinski definition) is 2. The van der Waals surface area contributed by atoms with Crippen molar-refractivity contribution in [2.75, 3.05) is 12.3 Å². The lowest BCUT2D eigenvalue weighted by atomic mass is 9.95. The van der Waals surface area contributed by atoms with Crippen LogP contribution in [0.2, 0.25) is 0 Å². The zero-order chi connectivity index (χ0) is 22.0.